The van der Waals surface area contributed by atoms with Crippen molar-refractivity contribution in [2.24, 2.45) is 0 Å². The fraction of sp³-hybridized carbons (Fsp3) is 0.0164. The lowest BCUT2D eigenvalue weighted by Gasteiger charge is -2.26. The molecule has 0 saturated heterocycles. The number of aromatic nitrogens is 1. The van der Waals surface area contributed by atoms with Crippen molar-refractivity contribution >= 4 is 71.2 Å². The molecule has 0 aliphatic heterocycles. The summed E-state index contributed by atoms with van der Waals surface area (Å²) in [5, 5.41) is 9.97. The van der Waals surface area contributed by atoms with Gasteiger partial charge in [0, 0.05) is 33.5 Å². The summed E-state index contributed by atoms with van der Waals surface area (Å²) in [6.45, 7) is 2.15. The Morgan fingerprint density at radius 1 is 0.317 bits per heavy atom. The quantitative estimate of drug-likeness (QED) is 0.146. The van der Waals surface area contributed by atoms with Gasteiger partial charge in [-0.1, -0.05) is 181 Å². The lowest BCUT2D eigenvalue weighted by molar-refractivity contribution is 1.18. The number of hydrogen-bond acceptors (Lipinski definition) is 1. The van der Waals surface area contributed by atoms with E-state index in [0.29, 0.717) is 0 Å². The van der Waals surface area contributed by atoms with Gasteiger partial charge in [-0.15, -0.1) is 0 Å². The maximum Gasteiger partial charge on any atom is 0.0542 e. The molecule has 12 rings (SSSR count). The van der Waals surface area contributed by atoms with Gasteiger partial charge in [-0.3, -0.25) is 0 Å². The highest BCUT2D eigenvalue weighted by Crippen LogP contribution is 2.46. The third-order valence-electron chi connectivity index (χ3n) is 12.8. The van der Waals surface area contributed by atoms with Gasteiger partial charge < -0.3 is 9.47 Å². The van der Waals surface area contributed by atoms with Crippen molar-refractivity contribution in [3.63, 3.8) is 0 Å². The van der Waals surface area contributed by atoms with E-state index >= 15 is 0 Å². The molecule has 2 heteroatoms. The summed E-state index contributed by atoms with van der Waals surface area (Å²) in [5.74, 6) is 0. The highest BCUT2D eigenvalue weighted by molar-refractivity contribution is 6.21. The predicted octanol–water partition coefficient (Wildman–Crippen LogP) is 17.0. The Hall–Kier alpha value is -8.20. The minimum atomic E-state index is 1.09. The molecular weight excluding hydrogens is 761 g/mol. The largest absolute Gasteiger partial charge is 0.310 e. The van der Waals surface area contributed by atoms with Crippen molar-refractivity contribution in [2.75, 3.05) is 4.90 Å². The molecule has 12 aromatic rings. The Kier molecular flexibility index (Phi) is 8.76. The summed E-state index contributed by atoms with van der Waals surface area (Å²) in [6, 6.07) is 86.6. The maximum atomic E-state index is 2.40. The van der Waals surface area contributed by atoms with Gasteiger partial charge in [-0.25, -0.2) is 0 Å². The Bertz CT molecular complexity index is 3590. The number of rotatable bonds is 7. The summed E-state index contributed by atoms with van der Waals surface area (Å²) in [7, 11) is 0. The first-order valence-corrected chi connectivity index (χ1v) is 21.8. The van der Waals surface area contributed by atoms with Crippen LogP contribution in [0.5, 0.6) is 0 Å². The summed E-state index contributed by atoms with van der Waals surface area (Å²) in [6.07, 6.45) is 0. The lowest BCUT2D eigenvalue weighted by Crippen LogP contribution is -2.10. The molecule has 0 unspecified atom stereocenters. The van der Waals surface area contributed by atoms with Crippen LogP contribution < -0.4 is 4.90 Å². The topological polar surface area (TPSA) is 8.17 Å². The van der Waals surface area contributed by atoms with Crippen molar-refractivity contribution in [1.82, 2.24) is 4.57 Å². The van der Waals surface area contributed by atoms with Crippen LogP contribution in [0.3, 0.4) is 0 Å². The van der Waals surface area contributed by atoms with Crippen molar-refractivity contribution < 1.29 is 0 Å². The monoisotopic (exact) mass is 802 g/mol. The van der Waals surface area contributed by atoms with E-state index in [9.17, 15) is 0 Å². The molecule has 0 N–H and O–H groups in total. The second-order valence-corrected chi connectivity index (χ2v) is 16.6. The van der Waals surface area contributed by atoms with Crippen LogP contribution in [-0.2, 0) is 0 Å². The first-order chi connectivity index (χ1) is 31.2. The molecule has 0 bridgehead atoms. The lowest BCUT2D eigenvalue weighted by atomic mass is 9.86. The Balaban J connectivity index is 1.03. The fourth-order valence-corrected chi connectivity index (χ4v) is 9.92. The highest BCUT2D eigenvalue weighted by Gasteiger charge is 2.20. The molecule has 2 nitrogen and oxygen atoms in total. The zero-order valence-corrected chi connectivity index (χ0v) is 34.9. The molecule has 0 aliphatic rings. The minimum absolute atomic E-state index is 1.09. The van der Waals surface area contributed by atoms with Crippen LogP contribution >= 0.6 is 0 Å². The molecule has 0 saturated carbocycles. The number of aryl methyl sites for hydroxylation is 1. The third kappa shape index (κ3) is 6.18. The molecule has 0 spiro atoms. The van der Waals surface area contributed by atoms with E-state index in [2.05, 4.69) is 253 Å². The fourth-order valence-electron chi connectivity index (χ4n) is 9.92. The number of nitrogens with zero attached hydrogens (tertiary/aromatic N) is 2. The third-order valence-corrected chi connectivity index (χ3v) is 12.8. The number of anilines is 3. The average molecular weight is 803 g/mol. The van der Waals surface area contributed by atoms with Gasteiger partial charge in [-0.05, 0) is 133 Å². The number of para-hydroxylation sites is 2. The molecule has 11 aromatic carbocycles. The molecule has 0 radical (unpaired) electrons. The van der Waals surface area contributed by atoms with E-state index in [1.54, 1.807) is 0 Å². The Morgan fingerprint density at radius 2 is 0.778 bits per heavy atom. The highest BCUT2D eigenvalue weighted by atomic mass is 15.1. The smallest absolute Gasteiger partial charge is 0.0542 e. The summed E-state index contributed by atoms with van der Waals surface area (Å²) in [5.41, 5.74) is 15.5. The van der Waals surface area contributed by atoms with Gasteiger partial charge >= 0.3 is 0 Å². The van der Waals surface area contributed by atoms with Gasteiger partial charge in [0.1, 0.15) is 0 Å². The second kappa shape index (κ2) is 15.1. The standard InChI is InChI=1S/C61H42N2/c1-41-26-28-44(29-27-41)60-53-20-7-9-22-55(53)61(56-23-10-8-21-54(56)60)45-32-36-48(37-33-45)62(47-34-30-43(31-35-47)51-24-13-15-42-14-5-6-18-50(42)51)49-38-39-59-57(40-49)52-19-11-12-25-58(52)63(59)46-16-3-2-4-17-46/h2-40H,1H3. The molecular formula is C61H42N2. The zero-order valence-electron chi connectivity index (χ0n) is 34.9. The average Bonchev–Trinajstić information content (AvgIpc) is 3.68. The summed E-state index contributed by atoms with van der Waals surface area (Å²) >= 11 is 0. The molecule has 0 atom stereocenters. The van der Waals surface area contributed by atoms with Gasteiger partial charge in [0.2, 0.25) is 0 Å². The molecule has 296 valence electrons. The normalized spacial score (nSPS) is 11.6. The van der Waals surface area contributed by atoms with Crippen LogP contribution in [0, 0.1) is 6.92 Å². The van der Waals surface area contributed by atoms with Crippen LogP contribution in [0.4, 0.5) is 17.1 Å². The van der Waals surface area contributed by atoms with Crippen LogP contribution in [0.1, 0.15) is 5.56 Å². The van der Waals surface area contributed by atoms with Crippen LogP contribution in [0.2, 0.25) is 0 Å². The number of hydrogen-bond donors (Lipinski definition) is 0. The van der Waals surface area contributed by atoms with Crippen LogP contribution in [0.25, 0.3) is 93.2 Å². The van der Waals surface area contributed by atoms with E-state index < -0.39 is 0 Å². The first-order valence-electron chi connectivity index (χ1n) is 21.8. The zero-order chi connectivity index (χ0) is 41.9. The summed E-state index contributed by atoms with van der Waals surface area (Å²) < 4.78 is 2.38. The van der Waals surface area contributed by atoms with Gasteiger partial charge in [0.15, 0.2) is 0 Å². The Labute approximate surface area is 367 Å². The SMILES string of the molecule is Cc1ccc(-c2c3ccccc3c(-c3ccc(N(c4ccc(-c5cccc6ccccc56)cc4)c4ccc5c(c4)c4ccccc4n5-c4ccccc4)cc3)c3ccccc23)cc1. The van der Waals surface area contributed by atoms with Crippen molar-refractivity contribution in [1.29, 1.82) is 0 Å². The first kappa shape index (κ1) is 36.6. The molecule has 1 heterocycles. The van der Waals surface area contributed by atoms with Gasteiger partial charge in [-0.2, -0.15) is 0 Å². The van der Waals surface area contributed by atoms with E-state index in [0.717, 1.165) is 22.7 Å². The van der Waals surface area contributed by atoms with E-state index in [1.807, 2.05) is 0 Å². The van der Waals surface area contributed by atoms with Gasteiger partial charge in [0.25, 0.3) is 0 Å². The molecule has 0 amide bonds. The van der Waals surface area contributed by atoms with Crippen LogP contribution in [-0.4, -0.2) is 4.57 Å². The molecule has 63 heavy (non-hydrogen) atoms. The predicted molar refractivity (Wildman–Crippen MR) is 269 cm³/mol. The molecule has 1 aromatic heterocycles. The van der Waals surface area contributed by atoms with Gasteiger partial charge in [0.05, 0.1) is 11.0 Å². The minimum Gasteiger partial charge on any atom is -0.310 e. The van der Waals surface area contributed by atoms with Crippen molar-refractivity contribution in [3.8, 4) is 39.1 Å². The van der Waals surface area contributed by atoms with E-state index in [-0.39, 0.29) is 0 Å². The number of benzene rings is 11. The van der Waals surface area contributed by atoms with Crippen LogP contribution in [0.15, 0.2) is 237 Å². The van der Waals surface area contributed by atoms with Crippen molar-refractivity contribution in [3.05, 3.63) is 242 Å². The Morgan fingerprint density at radius 3 is 1.40 bits per heavy atom. The molecule has 0 aliphatic carbocycles. The number of fused-ring (bicyclic) bond motifs is 6. The maximum absolute atomic E-state index is 2.40. The summed E-state index contributed by atoms with van der Waals surface area (Å²) in [4.78, 5) is 2.40. The molecule has 0 fully saturated rings. The second-order valence-electron chi connectivity index (χ2n) is 16.6. The van der Waals surface area contributed by atoms with E-state index in [1.165, 1.54) is 93.1 Å². The van der Waals surface area contributed by atoms with Crippen molar-refractivity contribution in [2.45, 2.75) is 6.92 Å². The van der Waals surface area contributed by atoms with E-state index in [4.69, 9.17) is 0 Å².